The molecule has 0 N–H and O–H groups in total. The quantitative estimate of drug-likeness (QED) is 0.773. The van der Waals surface area contributed by atoms with E-state index in [1.54, 1.807) is 10.9 Å². The molecule has 0 aliphatic heterocycles. The number of aryl methyl sites for hydroxylation is 1. The van der Waals surface area contributed by atoms with Crippen LogP contribution in [0.1, 0.15) is 18.2 Å². The summed E-state index contributed by atoms with van der Waals surface area (Å²) in [4.78, 5) is 19.9. The Kier molecular flexibility index (Phi) is 3.10. The molecule has 0 saturated carbocycles. The summed E-state index contributed by atoms with van der Waals surface area (Å²) >= 11 is 0. The van der Waals surface area contributed by atoms with Crippen LogP contribution in [0.25, 0.3) is 0 Å². The smallest absolute Gasteiger partial charge is 0.275 e. The van der Waals surface area contributed by atoms with Crippen LogP contribution in [0.3, 0.4) is 0 Å². The Morgan fingerprint density at radius 2 is 2.06 bits per heavy atom. The van der Waals surface area contributed by atoms with E-state index >= 15 is 0 Å². The lowest BCUT2D eigenvalue weighted by atomic mass is 9.91. The highest BCUT2D eigenvalue weighted by atomic mass is 16.2. The molecule has 18 heavy (non-hydrogen) atoms. The van der Waals surface area contributed by atoms with Crippen LogP contribution in [0.5, 0.6) is 0 Å². The van der Waals surface area contributed by atoms with Gasteiger partial charge in [-0.1, -0.05) is 30.3 Å². The van der Waals surface area contributed by atoms with Crippen molar-refractivity contribution in [2.24, 2.45) is 4.99 Å². The standard InChI is InChI=1S/C14H15N3O/c1-11-9-17(10-16-11)14(2,13(18)15-3)12-7-5-4-6-8-12/h4-10H,3H2,1-2H3. The number of amides is 1. The molecule has 0 bridgehead atoms. The third kappa shape index (κ3) is 1.86. The van der Waals surface area contributed by atoms with E-state index in [9.17, 15) is 4.79 Å². The Morgan fingerprint density at radius 1 is 1.39 bits per heavy atom. The van der Waals surface area contributed by atoms with E-state index in [-0.39, 0.29) is 5.91 Å². The van der Waals surface area contributed by atoms with Gasteiger partial charge in [0.05, 0.1) is 12.0 Å². The number of benzene rings is 1. The highest BCUT2D eigenvalue weighted by molar-refractivity contribution is 5.90. The van der Waals surface area contributed by atoms with Crippen molar-refractivity contribution in [1.82, 2.24) is 9.55 Å². The van der Waals surface area contributed by atoms with Crippen molar-refractivity contribution in [3.63, 3.8) is 0 Å². The van der Waals surface area contributed by atoms with E-state index in [1.165, 1.54) is 0 Å². The van der Waals surface area contributed by atoms with Gasteiger partial charge < -0.3 is 4.57 Å². The molecular formula is C14H15N3O. The van der Waals surface area contributed by atoms with E-state index in [1.807, 2.05) is 50.4 Å². The molecule has 0 aliphatic rings. The van der Waals surface area contributed by atoms with Crippen molar-refractivity contribution in [3.05, 3.63) is 54.1 Å². The Balaban J connectivity index is 2.61. The normalized spacial score (nSPS) is 13.9. The lowest BCUT2D eigenvalue weighted by molar-refractivity contribution is -0.123. The molecule has 1 aromatic carbocycles. The lowest BCUT2D eigenvalue weighted by Crippen LogP contribution is -2.38. The van der Waals surface area contributed by atoms with Gasteiger partial charge in [0.2, 0.25) is 0 Å². The van der Waals surface area contributed by atoms with Crippen molar-refractivity contribution < 1.29 is 4.79 Å². The molecule has 2 rings (SSSR count). The predicted octanol–water partition coefficient (Wildman–Crippen LogP) is 2.18. The lowest BCUT2D eigenvalue weighted by Gasteiger charge is -2.28. The summed E-state index contributed by atoms with van der Waals surface area (Å²) in [6.45, 7) is 7.05. The van der Waals surface area contributed by atoms with Gasteiger partial charge in [-0.05, 0) is 26.1 Å². The van der Waals surface area contributed by atoms with Crippen molar-refractivity contribution in [2.45, 2.75) is 19.4 Å². The first kappa shape index (κ1) is 12.2. The van der Waals surface area contributed by atoms with Gasteiger partial charge in [0.15, 0.2) is 0 Å². The van der Waals surface area contributed by atoms with E-state index < -0.39 is 5.54 Å². The van der Waals surface area contributed by atoms with Crippen LogP contribution in [-0.4, -0.2) is 22.2 Å². The van der Waals surface area contributed by atoms with Gasteiger partial charge >= 0.3 is 0 Å². The zero-order valence-electron chi connectivity index (χ0n) is 10.5. The monoisotopic (exact) mass is 241 g/mol. The number of rotatable bonds is 3. The van der Waals surface area contributed by atoms with Crippen LogP contribution in [0.4, 0.5) is 0 Å². The molecule has 1 amide bonds. The van der Waals surface area contributed by atoms with Crippen molar-refractivity contribution in [1.29, 1.82) is 0 Å². The molecule has 2 aromatic rings. The Morgan fingerprint density at radius 3 is 2.56 bits per heavy atom. The van der Waals surface area contributed by atoms with Gasteiger partial charge in [-0.2, -0.15) is 0 Å². The molecule has 1 unspecified atom stereocenters. The number of hydrogen-bond acceptors (Lipinski definition) is 2. The molecule has 0 fully saturated rings. The first-order valence-corrected chi connectivity index (χ1v) is 5.67. The second-order valence-electron chi connectivity index (χ2n) is 4.32. The number of aromatic nitrogens is 2. The van der Waals surface area contributed by atoms with Gasteiger partial charge in [0.25, 0.3) is 5.91 Å². The molecule has 0 saturated heterocycles. The second kappa shape index (κ2) is 4.56. The zero-order valence-corrected chi connectivity index (χ0v) is 10.5. The molecule has 1 atom stereocenters. The minimum atomic E-state index is -0.899. The summed E-state index contributed by atoms with van der Waals surface area (Å²) in [6, 6.07) is 9.51. The number of nitrogens with zero attached hydrogens (tertiary/aromatic N) is 3. The number of carbonyl (C=O) groups excluding carboxylic acids is 1. The SMILES string of the molecule is C=NC(=O)C(C)(c1ccccc1)n1cnc(C)c1. The molecule has 1 heterocycles. The van der Waals surface area contributed by atoms with Crippen LogP contribution in [0.2, 0.25) is 0 Å². The summed E-state index contributed by atoms with van der Waals surface area (Å²) in [5.74, 6) is -0.300. The van der Waals surface area contributed by atoms with Gasteiger partial charge in [-0.3, -0.25) is 4.79 Å². The summed E-state index contributed by atoms with van der Waals surface area (Å²) in [5.41, 5.74) is 0.818. The van der Waals surface area contributed by atoms with E-state index in [0.717, 1.165) is 11.3 Å². The van der Waals surface area contributed by atoms with Crippen LogP contribution in [-0.2, 0) is 10.3 Å². The first-order valence-electron chi connectivity index (χ1n) is 5.67. The average molecular weight is 241 g/mol. The largest absolute Gasteiger partial charge is 0.318 e. The summed E-state index contributed by atoms with van der Waals surface area (Å²) in [7, 11) is 0. The molecule has 1 aromatic heterocycles. The molecule has 4 heteroatoms. The third-order valence-electron chi connectivity index (χ3n) is 3.12. The van der Waals surface area contributed by atoms with Gasteiger partial charge in [0.1, 0.15) is 5.54 Å². The van der Waals surface area contributed by atoms with Gasteiger partial charge in [-0.25, -0.2) is 9.98 Å². The molecule has 0 radical (unpaired) electrons. The second-order valence-corrected chi connectivity index (χ2v) is 4.32. The summed E-state index contributed by atoms with van der Waals surface area (Å²) in [6.07, 6.45) is 3.47. The van der Waals surface area contributed by atoms with Crippen LogP contribution >= 0.6 is 0 Å². The highest BCUT2D eigenvalue weighted by Gasteiger charge is 2.36. The Hall–Kier alpha value is -2.23. The number of carbonyl (C=O) groups is 1. The molecule has 4 nitrogen and oxygen atoms in total. The molecule has 0 spiro atoms. The summed E-state index contributed by atoms with van der Waals surface area (Å²) < 4.78 is 1.77. The van der Waals surface area contributed by atoms with E-state index in [0.29, 0.717) is 0 Å². The maximum atomic E-state index is 12.2. The highest BCUT2D eigenvalue weighted by Crippen LogP contribution is 2.27. The van der Waals surface area contributed by atoms with Crippen molar-refractivity contribution in [2.75, 3.05) is 0 Å². The average Bonchev–Trinajstić information content (AvgIpc) is 2.85. The summed E-state index contributed by atoms with van der Waals surface area (Å²) in [5, 5.41) is 0. The molecule has 92 valence electrons. The zero-order chi connectivity index (χ0) is 13.2. The Labute approximate surface area is 106 Å². The Bertz CT molecular complexity index is 574. The van der Waals surface area contributed by atoms with Crippen molar-refractivity contribution in [3.8, 4) is 0 Å². The maximum absolute atomic E-state index is 12.2. The van der Waals surface area contributed by atoms with Crippen LogP contribution in [0.15, 0.2) is 47.8 Å². The fourth-order valence-electron chi connectivity index (χ4n) is 1.97. The predicted molar refractivity (Wildman–Crippen MR) is 70.7 cm³/mol. The van der Waals surface area contributed by atoms with Gasteiger partial charge in [0, 0.05) is 6.20 Å². The van der Waals surface area contributed by atoms with Crippen molar-refractivity contribution >= 4 is 12.6 Å². The topological polar surface area (TPSA) is 47.2 Å². The number of imidazole rings is 1. The van der Waals surface area contributed by atoms with E-state index in [2.05, 4.69) is 16.7 Å². The van der Waals surface area contributed by atoms with E-state index in [4.69, 9.17) is 0 Å². The number of hydrogen-bond donors (Lipinski definition) is 0. The fraction of sp³-hybridized carbons (Fsp3) is 0.214. The van der Waals surface area contributed by atoms with Gasteiger partial charge in [-0.15, -0.1) is 0 Å². The third-order valence-corrected chi connectivity index (χ3v) is 3.12. The molecular weight excluding hydrogens is 226 g/mol. The van der Waals surface area contributed by atoms with Crippen LogP contribution < -0.4 is 0 Å². The first-order chi connectivity index (χ1) is 8.59. The minimum Gasteiger partial charge on any atom is -0.318 e. The fourth-order valence-corrected chi connectivity index (χ4v) is 1.97. The number of aliphatic imine (C=N–C) groups is 1. The van der Waals surface area contributed by atoms with Crippen LogP contribution in [0, 0.1) is 6.92 Å². The maximum Gasteiger partial charge on any atom is 0.275 e. The molecule has 0 aliphatic carbocycles. The minimum absolute atomic E-state index is 0.300.